The smallest absolute Gasteiger partial charge is 0.407 e. The van der Waals surface area contributed by atoms with E-state index in [1.807, 2.05) is 30.3 Å². The molecule has 0 spiro atoms. The molecule has 16 heavy (non-hydrogen) atoms. The molecule has 0 N–H and O–H groups in total. The van der Waals surface area contributed by atoms with Gasteiger partial charge >= 0.3 is 7.12 Å². The molecule has 0 atom stereocenters. The zero-order chi connectivity index (χ0) is 11.8. The lowest BCUT2D eigenvalue weighted by molar-refractivity contribution is -0.0937. The first-order chi connectivity index (χ1) is 7.42. The van der Waals surface area contributed by atoms with Gasteiger partial charge in [0.25, 0.3) is 0 Å². The van der Waals surface area contributed by atoms with Crippen molar-refractivity contribution in [3.05, 3.63) is 30.3 Å². The molecule has 0 bridgehead atoms. The van der Waals surface area contributed by atoms with Crippen molar-refractivity contribution in [2.24, 2.45) is 5.41 Å². The summed E-state index contributed by atoms with van der Waals surface area (Å²) >= 11 is 0. The van der Waals surface area contributed by atoms with Crippen LogP contribution in [0.5, 0.6) is 0 Å². The van der Waals surface area contributed by atoms with Gasteiger partial charge in [0.05, 0.1) is 5.60 Å². The molecule has 2 rings (SSSR count). The number of benzene rings is 1. The zero-order valence-corrected chi connectivity index (χ0v) is 10.5. The molecule has 2 nitrogen and oxygen atoms in total. The van der Waals surface area contributed by atoms with Crippen LogP contribution in [0.2, 0.25) is 0 Å². The van der Waals surface area contributed by atoms with E-state index in [1.165, 1.54) is 0 Å². The van der Waals surface area contributed by atoms with Crippen LogP contribution in [-0.2, 0) is 9.31 Å². The lowest BCUT2D eigenvalue weighted by Gasteiger charge is -2.47. The average Bonchev–Trinajstić information content (AvgIpc) is 2.23. The number of hydrogen-bond donors (Lipinski definition) is 0. The van der Waals surface area contributed by atoms with E-state index >= 15 is 0 Å². The Labute approximate surface area is 98.1 Å². The molecule has 1 aromatic rings. The second kappa shape index (κ2) is 3.90. The topological polar surface area (TPSA) is 18.5 Å². The van der Waals surface area contributed by atoms with Crippen LogP contribution in [0.4, 0.5) is 0 Å². The molecule has 1 saturated heterocycles. The van der Waals surface area contributed by atoms with E-state index in [4.69, 9.17) is 9.31 Å². The van der Waals surface area contributed by atoms with E-state index in [2.05, 4.69) is 27.7 Å². The molecule has 0 aliphatic carbocycles. The van der Waals surface area contributed by atoms with Crippen LogP contribution in [0, 0.1) is 5.41 Å². The molecule has 1 heterocycles. The second-order valence-corrected chi connectivity index (χ2v) is 5.57. The van der Waals surface area contributed by atoms with Crippen LogP contribution in [0.3, 0.4) is 0 Å². The average molecular weight is 218 g/mol. The van der Waals surface area contributed by atoms with E-state index in [9.17, 15) is 0 Å². The van der Waals surface area contributed by atoms with E-state index < -0.39 is 0 Å². The summed E-state index contributed by atoms with van der Waals surface area (Å²) in [4.78, 5) is 0. The molecule has 1 aromatic carbocycles. The summed E-state index contributed by atoms with van der Waals surface area (Å²) in [6.07, 6.45) is 0. The predicted molar refractivity (Wildman–Crippen MR) is 66.7 cm³/mol. The first-order valence-electron chi connectivity index (χ1n) is 5.77. The molecular weight excluding hydrogens is 199 g/mol. The second-order valence-electron chi connectivity index (χ2n) is 5.57. The van der Waals surface area contributed by atoms with Gasteiger partial charge in [-0.3, -0.25) is 0 Å². The third-order valence-electron chi connectivity index (χ3n) is 3.70. The Hall–Kier alpha value is -0.795. The van der Waals surface area contributed by atoms with Crippen LogP contribution < -0.4 is 5.46 Å². The standard InChI is InChI=1S/C13H19BO2/c1-12(2)10-15-14(16-13(12,3)4)11-8-6-5-7-9-11/h5-9H,10H2,1-4H3. The van der Waals surface area contributed by atoms with Gasteiger partial charge in [0, 0.05) is 12.0 Å². The highest BCUT2D eigenvalue weighted by atomic mass is 16.6. The SMILES string of the molecule is CC1(C)COB(c2ccccc2)OC1(C)C. The normalized spacial score (nSPS) is 23.1. The van der Waals surface area contributed by atoms with Crippen molar-refractivity contribution in [3.8, 4) is 0 Å². The predicted octanol–water partition coefficient (Wildman–Crippen LogP) is 2.23. The van der Waals surface area contributed by atoms with Crippen LogP contribution in [-0.4, -0.2) is 19.3 Å². The van der Waals surface area contributed by atoms with Crippen molar-refractivity contribution < 1.29 is 9.31 Å². The molecule has 3 heteroatoms. The third-order valence-corrected chi connectivity index (χ3v) is 3.70. The number of rotatable bonds is 1. The minimum Gasteiger partial charge on any atom is -0.407 e. The highest BCUT2D eigenvalue weighted by molar-refractivity contribution is 6.61. The summed E-state index contributed by atoms with van der Waals surface area (Å²) in [6.45, 7) is 9.33. The van der Waals surface area contributed by atoms with Gasteiger partial charge in [0.1, 0.15) is 0 Å². The lowest BCUT2D eigenvalue weighted by Crippen LogP contribution is -2.58. The number of hydrogen-bond acceptors (Lipinski definition) is 2. The Bertz CT molecular complexity index is 359. The minimum absolute atomic E-state index is 0.0400. The first-order valence-corrected chi connectivity index (χ1v) is 5.77. The zero-order valence-electron chi connectivity index (χ0n) is 10.5. The van der Waals surface area contributed by atoms with E-state index in [0.717, 1.165) is 12.1 Å². The Morgan fingerprint density at radius 1 is 1.06 bits per heavy atom. The summed E-state index contributed by atoms with van der Waals surface area (Å²) < 4.78 is 11.8. The Kier molecular flexibility index (Phi) is 2.85. The van der Waals surface area contributed by atoms with Crippen molar-refractivity contribution in [2.75, 3.05) is 6.61 Å². The van der Waals surface area contributed by atoms with Crippen LogP contribution in [0.15, 0.2) is 30.3 Å². The van der Waals surface area contributed by atoms with Crippen molar-refractivity contribution in [1.82, 2.24) is 0 Å². The summed E-state index contributed by atoms with van der Waals surface area (Å²) in [6, 6.07) is 10.1. The molecule has 1 fully saturated rings. The van der Waals surface area contributed by atoms with Crippen molar-refractivity contribution in [1.29, 1.82) is 0 Å². The molecule has 1 aliphatic rings. The van der Waals surface area contributed by atoms with Gasteiger partial charge in [-0.2, -0.15) is 0 Å². The molecule has 0 unspecified atom stereocenters. The Morgan fingerprint density at radius 3 is 2.25 bits per heavy atom. The molecule has 1 aliphatic heterocycles. The van der Waals surface area contributed by atoms with Crippen molar-refractivity contribution in [3.63, 3.8) is 0 Å². The highest BCUT2D eigenvalue weighted by Gasteiger charge is 2.46. The maximum atomic E-state index is 6.05. The van der Waals surface area contributed by atoms with Crippen LogP contribution >= 0.6 is 0 Å². The first kappa shape index (κ1) is 11.7. The fourth-order valence-electron chi connectivity index (χ4n) is 1.69. The van der Waals surface area contributed by atoms with E-state index in [0.29, 0.717) is 0 Å². The maximum absolute atomic E-state index is 6.05. The van der Waals surface area contributed by atoms with Gasteiger partial charge in [0.15, 0.2) is 0 Å². The van der Waals surface area contributed by atoms with Gasteiger partial charge in [0.2, 0.25) is 0 Å². The van der Waals surface area contributed by atoms with Gasteiger partial charge in [-0.25, -0.2) is 0 Å². The monoisotopic (exact) mass is 218 g/mol. The fourth-order valence-corrected chi connectivity index (χ4v) is 1.69. The largest absolute Gasteiger partial charge is 0.494 e. The summed E-state index contributed by atoms with van der Waals surface area (Å²) in [7, 11) is -0.232. The highest BCUT2D eigenvalue weighted by Crippen LogP contribution is 2.37. The van der Waals surface area contributed by atoms with Gasteiger partial charge in [-0.15, -0.1) is 0 Å². The Balaban J connectivity index is 2.18. The van der Waals surface area contributed by atoms with E-state index in [1.54, 1.807) is 0 Å². The summed E-state index contributed by atoms with van der Waals surface area (Å²) in [5, 5.41) is 0. The third kappa shape index (κ3) is 2.02. The van der Waals surface area contributed by atoms with Crippen LogP contribution in [0.25, 0.3) is 0 Å². The molecule has 0 aromatic heterocycles. The van der Waals surface area contributed by atoms with E-state index in [-0.39, 0.29) is 18.1 Å². The van der Waals surface area contributed by atoms with Gasteiger partial charge in [-0.05, 0) is 19.3 Å². The quantitative estimate of drug-likeness (QED) is 0.673. The summed E-state index contributed by atoms with van der Waals surface area (Å²) in [5.74, 6) is 0. The molecule has 86 valence electrons. The molecule has 0 amide bonds. The van der Waals surface area contributed by atoms with Crippen molar-refractivity contribution >= 4 is 12.6 Å². The fraction of sp³-hybridized carbons (Fsp3) is 0.538. The van der Waals surface area contributed by atoms with Crippen LogP contribution in [0.1, 0.15) is 27.7 Å². The van der Waals surface area contributed by atoms with Gasteiger partial charge in [-0.1, -0.05) is 44.2 Å². The molecule has 0 radical (unpaired) electrons. The minimum atomic E-state index is -0.232. The lowest BCUT2D eigenvalue weighted by atomic mass is 9.69. The van der Waals surface area contributed by atoms with Crippen molar-refractivity contribution in [2.45, 2.75) is 33.3 Å². The maximum Gasteiger partial charge on any atom is 0.494 e. The molecular formula is C13H19BO2. The molecule has 0 saturated carbocycles. The van der Waals surface area contributed by atoms with Gasteiger partial charge < -0.3 is 9.31 Å². The Morgan fingerprint density at radius 2 is 1.69 bits per heavy atom. The summed E-state index contributed by atoms with van der Waals surface area (Å²) in [5.41, 5.74) is 0.954.